The van der Waals surface area contributed by atoms with E-state index >= 15 is 0 Å². The number of nitrogens with zero attached hydrogens (tertiary/aromatic N) is 2. The fourth-order valence-electron chi connectivity index (χ4n) is 1.55. The van der Waals surface area contributed by atoms with Crippen molar-refractivity contribution in [3.8, 4) is 0 Å². The zero-order valence-electron chi connectivity index (χ0n) is 11.2. The van der Waals surface area contributed by atoms with Crippen LogP contribution in [0.25, 0.3) is 0 Å². The molecule has 0 fully saturated rings. The summed E-state index contributed by atoms with van der Waals surface area (Å²) in [7, 11) is 1.64. The van der Waals surface area contributed by atoms with Gasteiger partial charge in [-0.2, -0.15) is 0 Å². The van der Waals surface area contributed by atoms with Gasteiger partial charge >= 0.3 is 12.0 Å². The van der Waals surface area contributed by atoms with Crippen molar-refractivity contribution in [2.45, 2.75) is 25.8 Å². The lowest BCUT2D eigenvalue weighted by atomic mass is 10.2. The van der Waals surface area contributed by atoms with Crippen molar-refractivity contribution >= 4 is 12.0 Å². The van der Waals surface area contributed by atoms with Crippen molar-refractivity contribution in [2.75, 3.05) is 13.6 Å². The Bertz CT molecular complexity index is 422. The number of hydrogen-bond acceptors (Lipinski definition) is 3. The molecule has 0 radical (unpaired) electrons. The molecule has 0 aliphatic carbocycles. The van der Waals surface area contributed by atoms with Crippen LogP contribution in [-0.4, -0.2) is 46.6 Å². The summed E-state index contributed by atoms with van der Waals surface area (Å²) in [6.45, 7) is 2.24. The Balaban J connectivity index is 2.42. The number of nitrogens with one attached hydrogen (secondary N) is 1. The van der Waals surface area contributed by atoms with Crippen LogP contribution < -0.4 is 5.32 Å². The molecule has 0 aromatic carbocycles. The van der Waals surface area contributed by atoms with Gasteiger partial charge in [-0.25, -0.2) is 9.59 Å². The van der Waals surface area contributed by atoms with Crippen molar-refractivity contribution in [1.82, 2.24) is 15.2 Å². The first-order valence-corrected chi connectivity index (χ1v) is 6.18. The maximum atomic E-state index is 11.8. The second-order valence-electron chi connectivity index (χ2n) is 4.28. The van der Waals surface area contributed by atoms with Gasteiger partial charge in [0.05, 0.1) is 0 Å². The largest absolute Gasteiger partial charge is 0.480 e. The molecule has 1 aromatic rings. The minimum absolute atomic E-state index is 0.360. The number of hydrogen-bond donors (Lipinski definition) is 2. The van der Waals surface area contributed by atoms with Gasteiger partial charge in [0, 0.05) is 26.0 Å². The Morgan fingerprint density at radius 3 is 2.58 bits per heavy atom. The molecule has 104 valence electrons. The minimum Gasteiger partial charge on any atom is -0.480 e. The SMILES string of the molecule is CC[C@@H](NC(=O)N(C)CCc1ccncc1)C(=O)O. The fourth-order valence-corrected chi connectivity index (χ4v) is 1.55. The van der Waals surface area contributed by atoms with Crippen LogP contribution in [0, 0.1) is 0 Å². The number of pyridine rings is 1. The zero-order chi connectivity index (χ0) is 14.3. The molecule has 1 rings (SSSR count). The van der Waals surface area contributed by atoms with E-state index in [9.17, 15) is 9.59 Å². The number of carboxylic acid groups (broad SMARTS) is 1. The van der Waals surface area contributed by atoms with Crippen LogP contribution in [0.4, 0.5) is 4.79 Å². The number of carbonyl (C=O) groups excluding carboxylic acids is 1. The third-order valence-electron chi connectivity index (χ3n) is 2.84. The monoisotopic (exact) mass is 265 g/mol. The van der Waals surface area contributed by atoms with E-state index in [1.807, 2.05) is 12.1 Å². The maximum Gasteiger partial charge on any atom is 0.326 e. The van der Waals surface area contributed by atoms with Gasteiger partial charge < -0.3 is 15.3 Å². The summed E-state index contributed by atoms with van der Waals surface area (Å²) < 4.78 is 0. The molecule has 0 bridgehead atoms. The number of aliphatic carboxylic acids is 1. The van der Waals surface area contributed by atoms with Gasteiger partial charge in [0.15, 0.2) is 0 Å². The van der Waals surface area contributed by atoms with Crippen LogP contribution in [-0.2, 0) is 11.2 Å². The predicted molar refractivity (Wildman–Crippen MR) is 70.8 cm³/mol. The molecule has 2 N–H and O–H groups in total. The summed E-state index contributed by atoms with van der Waals surface area (Å²) in [5.41, 5.74) is 1.08. The van der Waals surface area contributed by atoms with E-state index in [4.69, 9.17) is 5.11 Å². The fraction of sp³-hybridized carbons (Fsp3) is 0.462. The van der Waals surface area contributed by atoms with E-state index in [0.29, 0.717) is 19.4 Å². The quantitative estimate of drug-likeness (QED) is 0.807. The molecule has 0 saturated carbocycles. The molecule has 19 heavy (non-hydrogen) atoms. The Labute approximate surface area is 112 Å². The highest BCUT2D eigenvalue weighted by molar-refractivity contribution is 5.82. The molecule has 1 heterocycles. The van der Waals surface area contributed by atoms with Gasteiger partial charge in [0.1, 0.15) is 6.04 Å². The van der Waals surface area contributed by atoms with E-state index in [0.717, 1.165) is 5.56 Å². The summed E-state index contributed by atoms with van der Waals surface area (Å²) >= 11 is 0. The lowest BCUT2D eigenvalue weighted by Gasteiger charge is -2.20. The van der Waals surface area contributed by atoms with Crippen molar-refractivity contribution in [2.24, 2.45) is 0 Å². The number of likely N-dealkylation sites (N-methyl/N-ethyl adjacent to an activating group) is 1. The topological polar surface area (TPSA) is 82.5 Å². The van der Waals surface area contributed by atoms with E-state index in [2.05, 4.69) is 10.3 Å². The number of urea groups is 1. The molecule has 0 spiro atoms. The molecule has 2 amide bonds. The predicted octanol–water partition coefficient (Wildman–Crippen LogP) is 1.13. The van der Waals surface area contributed by atoms with Crippen LogP contribution >= 0.6 is 0 Å². The average Bonchev–Trinajstić information content (AvgIpc) is 2.42. The summed E-state index contributed by atoms with van der Waals surface area (Å²) in [6.07, 6.45) is 4.47. The van der Waals surface area contributed by atoms with Crippen molar-refractivity contribution < 1.29 is 14.7 Å². The third kappa shape index (κ3) is 4.95. The smallest absolute Gasteiger partial charge is 0.326 e. The second-order valence-corrected chi connectivity index (χ2v) is 4.28. The van der Waals surface area contributed by atoms with Crippen molar-refractivity contribution in [3.63, 3.8) is 0 Å². The lowest BCUT2D eigenvalue weighted by Crippen LogP contribution is -2.46. The number of aromatic nitrogens is 1. The summed E-state index contributed by atoms with van der Waals surface area (Å²) in [5, 5.41) is 11.3. The lowest BCUT2D eigenvalue weighted by molar-refractivity contribution is -0.139. The highest BCUT2D eigenvalue weighted by Crippen LogP contribution is 2.00. The van der Waals surface area contributed by atoms with Crippen LogP contribution in [0.1, 0.15) is 18.9 Å². The Kier molecular flexibility index (Phi) is 5.78. The number of carboxylic acids is 1. The summed E-state index contributed by atoms with van der Waals surface area (Å²) in [4.78, 5) is 28.0. The Hall–Kier alpha value is -2.11. The second kappa shape index (κ2) is 7.35. The van der Waals surface area contributed by atoms with Gasteiger partial charge in [-0.3, -0.25) is 4.98 Å². The average molecular weight is 265 g/mol. The van der Waals surface area contributed by atoms with Crippen LogP contribution in [0.2, 0.25) is 0 Å². The van der Waals surface area contributed by atoms with Crippen molar-refractivity contribution in [3.05, 3.63) is 30.1 Å². The van der Waals surface area contributed by atoms with E-state index < -0.39 is 12.0 Å². The molecule has 1 aromatic heterocycles. The molecule has 0 aliphatic rings. The van der Waals surface area contributed by atoms with Gasteiger partial charge in [-0.05, 0) is 30.5 Å². The van der Waals surface area contributed by atoms with Gasteiger partial charge in [0.25, 0.3) is 0 Å². The Morgan fingerprint density at radius 2 is 2.05 bits per heavy atom. The molecule has 6 heteroatoms. The normalized spacial score (nSPS) is 11.7. The summed E-state index contributed by atoms with van der Waals surface area (Å²) in [6, 6.07) is 2.56. The molecule has 1 atom stereocenters. The number of amides is 2. The standard InChI is InChI=1S/C13H19N3O3/c1-3-11(12(17)18)15-13(19)16(2)9-6-10-4-7-14-8-5-10/h4-5,7-8,11H,3,6,9H2,1-2H3,(H,15,19)(H,17,18)/t11-/m1/s1. The highest BCUT2D eigenvalue weighted by Gasteiger charge is 2.19. The van der Waals surface area contributed by atoms with E-state index in [1.54, 1.807) is 26.4 Å². The molecular formula is C13H19N3O3. The minimum atomic E-state index is -1.02. The van der Waals surface area contributed by atoms with E-state index in [1.165, 1.54) is 4.90 Å². The van der Waals surface area contributed by atoms with Crippen LogP contribution in [0.3, 0.4) is 0 Å². The Morgan fingerprint density at radius 1 is 1.42 bits per heavy atom. The van der Waals surface area contributed by atoms with Gasteiger partial charge in [-0.1, -0.05) is 6.92 Å². The van der Waals surface area contributed by atoms with Gasteiger partial charge in [0.2, 0.25) is 0 Å². The first-order chi connectivity index (χ1) is 9.04. The molecule has 0 saturated heterocycles. The van der Waals surface area contributed by atoms with Crippen LogP contribution in [0.5, 0.6) is 0 Å². The third-order valence-corrected chi connectivity index (χ3v) is 2.84. The highest BCUT2D eigenvalue weighted by atomic mass is 16.4. The van der Waals surface area contributed by atoms with Crippen LogP contribution in [0.15, 0.2) is 24.5 Å². The molecular weight excluding hydrogens is 246 g/mol. The maximum absolute atomic E-state index is 11.8. The first kappa shape index (κ1) is 14.9. The summed E-state index contributed by atoms with van der Waals surface area (Å²) in [5.74, 6) is -1.02. The van der Waals surface area contributed by atoms with E-state index in [-0.39, 0.29) is 6.03 Å². The molecule has 0 aliphatic heterocycles. The van der Waals surface area contributed by atoms with Crippen molar-refractivity contribution in [1.29, 1.82) is 0 Å². The number of rotatable bonds is 6. The van der Waals surface area contributed by atoms with Gasteiger partial charge in [-0.15, -0.1) is 0 Å². The number of carbonyl (C=O) groups is 2. The zero-order valence-corrected chi connectivity index (χ0v) is 11.2. The molecule has 6 nitrogen and oxygen atoms in total. The molecule has 0 unspecified atom stereocenters. The first-order valence-electron chi connectivity index (χ1n) is 6.18.